The summed E-state index contributed by atoms with van der Waals surface area (Å²) in [6, 6.07) is 21.9. The van der Waals surface area contributed by atoms with Crippen LogP contribution >= 0.6 is 0 Å². The zero-order valence-electron chi connectivity index (χ0n) is 18.4. The Labute approximate surface area is 192 Å². The molecule has 1 aliphatic rings. The molecule has 7 nitrogen and oxygen atoms in total. The molecule has 3 aromatic carbocycles. The average molecular weight is 444 g/mol. The topological polar surface area (TPSA) is 76.2 Å². The zero-order valence-corrected chi connectivity index (χ0v) is 18.4. The van der Waals surface area contributed by atoms with E-state index < -0.39 is 11.9 Å². The number of hydrogen-bond acceptors (Lipinski definition) is 5. The highest BCUT2D eigenvalue weighted by Crippen LogP contribution is 2.29. The second kappa shape index (κ2) is 9.56. The number of nitrogens with zero attached hydrogens (tertiary/aromatic N) is 2. The molecule has 7 heteroatoms. The van der Waals surface area contributed by atoms with Crippen molar-refractivity contribution in [1.82, 2.24) is 4.90 Å². The minimum atomic E-state index is -0.918. The Hall–Kier alpha value is -4.13. The fourth-order valence-electron chi connectivity index (χ4n) is 3.89. The van der Waals surface area contributed by atoms with Gasteiger partial charge in [-0.1, -0.05) is 36.4 Å². The summed E-state index contributed by atoms with van der Waals surface area (Å²) >= 11 is 0. The molecule has 168 valence electrons. The first-order valence-electron chi connectivity index (χ1n) is 10.5. The summed E-state index contributed by atoms with van der Waals surface area (Å²) in [5.41, 5.74) is 1.69. The van der Waals surface area contributed by atoms with Crippen LogP contribution in [0.4, 0.5) is 5.69 Å². The number of carbonyl (C=O) groups is 3. The van der Waals surface area contributed by atoms with E-state index in [0.29, 0.717) is 22.7 Å². The monoisotopic (exact) mass is 444 g/mol. The number of anilines is 1. The van der Waals surface area contributed by atoms with Crippen molar-refractivity contribution in [1.29, 1.82) is 0 Å². The highest BCUT2D eigenvalue weighted by molar-refractivity contribution is 6.23. The molecule has 4 rings (SSSR count). The maximum absolute atomic E-state index is 13.6. The van der Waals surface area contributed by atoms with Gasteiger partial charge in [-0.25, -0.2) is 4.90 Å². The number of carbonyl (C=O) groups excluding carboxylic acids is 3. The Balaban J connectivity index is 1.68. The molecule has 1 unspecified atom stereocenters. The SMILES string of the molecule is COc1ccc(N2C(=O)CC(N(Cc3ccccc3)C(=O)c3cccc(OC)c3)C2=O)cc1. The van der Waals surface area contributed by atoms with Crippen LogP contribution < -0.4 is 14.4 Å². The number of rotatable bonds is 7. The maximum Gasteiger partial charge on any atom is 0.257 e. The Bertz CT molecular complexity index is 1160. The van der Waals surface area contributed by atoms with E-state index in [1.165, 1.54) is 12.0 Å². The third kappa shape index (κ3) is 4.57. The van der Waals surface area contributed by atoms with E-state index in [-0.39, 0.29) is 24.8 Å². The Morgan fingerprint density at radius 2 is 1.61 bits per heavy atom. The van der Waals surface area contributed by atoms with Crippen molar-refractivity contribution in [3.05, 3.63) is 90.0 Å². The molecule has 0 spiro atoms. The van der Waals surface area contributed by atoms with Crippen LogP contribution in [0.2, 0.25) is 0 Å². The fraction of sp³-hybridized carbons (Fsp3) is 0.192. The van der Waals surface area contributed by atoms with E-state index in [1.54, 1.807) is 55.6 Å². The third-order valence-corrected chi connectivity index (χ3v) is 5.60. The third-order valence-electron chi connectivity index (χ3n) is 5.60. The highest BCUT2D eigenvalue weighted by atomic mass is 16.5. The van der Waals surface area contributed by atoms with E-state index in [1.807, 2.05) is 30.3 Å². The molecule has 1 atom stereocenters. The van der Waals surface area contributed by atoms with E-state index in [2.05, 4.69) is 0 Å². The predicted molar refractivity (Wildman–Crippen MR) is 123 cm³/mol. The Kier molecular flexibility index (Phi) is 6.40. The number of hydrogen-bond donors (Lipinski definition) is 0. The lowest BCUT2D eigenvalue weighted by Gasteiger charge is -2.28. The van der Waals surface area contributed by atoms with E-state index in [4.69, 9.17) is 9.47 Å². The van der Waals surface area contributed by atoms with Crippen LogP contribution in [0.15, 0.2) is 78.9 Å². The lowest BCUT2D eigenvalue weighted by atomic mass is 10.1. The lowest BCUT2D eigenvalue weighted by molar-refractivity contribution is -0.122. The second-order valence-electron chi connectivity index (χ2n) is 7.64. The molecule has 3 amide bonds. The van der Waals surface area contributed by atoms with Gasteiger partial charge in [-0.3, -0.25) is 14.4 Å². The molecule has 1 fully saturated rings. The molecule has 0 radical (unpaired) electrons. The van der Waals surface area contributed by atoms with Crippen LogP contribution in [0, 0.1) is 0 Å². The summed E-state index contributed by atoms with van der Waals surface area (Å²) in [4.78, 5) is 42.5. The van der Waals surface area contributed by atoms with Gasteiger partial charge in [0.15, 0.2) is 0 Å². The summed E-state index contributed by atoms with van der Waals surface area (Å²) < 4.78 is 10.4. The fourth-order valence-corrected chi connectivity index (χ4v) is 3.89. The van der Waals surface area contributed by atoms with E-state index >= 15 is 0 Å². The molecule has 1 aliphatic heterocycles. The van der Waals surface area contributed by atoms with Gasteiger partial charge in [-0.05, 0) is 48.0 Å². The molecule has 1 saturated heterocycles. The van der Waals surface area contributed by atoms with Crippen molar-refractivity contribution in [2.24, 2.45) is 0 Å². The Morgan fingerprint density at radius 3 is 2.27 bits per heavy atom. The van der Waals surface area contributed by atoms with Gasteiger partial charge in [-0.2, -0.15) is 0 Å². The number of imide groups is 1. The van der Waals surface area contributed by atoms with Crippen molar-refractivity contribution in [2.45, 2.75) is 19.0 Å². The first-order valence-corrected chi connectivity index (χ1v) is 10.5. The van der Waals surface area contributed by atoms with Crippen molar-refractivity contribution < 1.29 is 23.9 Å². The van der Waals surface area contributed by atoms with Crippen LogP contribution in [-0.2, 0) is 16.1 Å². The van der Waals surface area contributed by atoms with Crippen molar-refractivity contribution in [2.75, 3.05) is 19.1 Å². The van der Waals surface area contributed by atoms with Crippen molar-refractivity contribution in [3.8, 4) is 11.5 Å². The first kappa shape index (κ1) is 22.1. The molecule has 0 saturated carbocycles. The molecule has 0 aliphatic carbocycles. The van der Waals surface area contributed by atoms with Gasteiger partial charge in [0.1, 0.15) is 17.5 Å². The number of amides is 3. The standard InChI is InChI=1S/C26H24N2O5/c1-32-21-13-11-20(12-14-21)28-24(29)16-23(26(28)31)27(17-18-7-4-3-5-8-18)25(30)19-9-6-10-22(15-19)33-2/h3-15,23H,16-17H2,1-2H3. The van der Waals surface area contributed by atoms with Crippen molar-refractivity contribution >= 4 is 23.4 Å². The summed E-state index contributed by atoms with van der Waals surface area (Å²) in [5, 5.41) is 0. The van der Waals surface area contributed by atoms with Gasteiger partial charge in [0.25, 0.3) is 11.8 Å². The number of methoxy groups -OCH3 is 2. The van der Waals surface area contributed by atoms with Gasteiger partial charge in [0, 0.05) is 12.1 Å². The molecule has 1 heterocycles. The quantitative estimate of drug-likeness (QED) is 0.520. The molecular weight excluding hydrogens is 420 g/mol. The lowest BCUT2D eigenvalue weighted by Crippen LogP contribution is -2.45. The second-order valence-corrected chi connectivity index (χ2v) is 7.64. The highest BCUT2D eigenvalue weighted by Gasteiger charge is 2.44. The van der Waals surface area contributed by atoms with Crippen LogP contribution in [0.25, 0.3) is 0 Å². The van der Waals surface area contributed by atoms with Gasteiger partial charge in [0.05, 0.1) is 26.3 Å². The zero-order chi connectivity index (χ0) is 23.4. The van der Waals surface area contributed by atoms with Gasteiger partial charge in [0.2, 0.25) is 5.91 Å². The van der Waals surface area contributed by atoms with Crippen LogP contribution in [0.1, 0.15) is 22.3 Å². The largest absolute Gasteiger partial charge is 0.497 e. The average Bonchev–Trinajstić information content (AvgIpc) is 3.16. The summed E-state index contributed by atoms with van der Waals surface area (Å²) in [6.45, 7) is 0.191. The van der Waals surface area contributed by atoms with E-state index in [0.717, 1.165) is 10.5 Å². The molecule has 3 aromatic rings. The smallest absolute Gasteiger partial charge is 0.257 e. The van der Waals surface area contributed by atoms with Crippen LogP contribution in [0.5, 0.6) is 11.5 Å². The molecule has 33 heavy (non-hydrogen) atoms. The van der Waals surface area contributed by atoms with Crippen LogP contribution in [-0.4, -0.2) is 42.9 Å². The molecule has 0 aromatic heterocycles. The van der Waals surface area contributed by atoms with Crippen LogP contribution in [0.3, 0.4) is 0 Å². The van der Waals surface area contributed by atoms with Gasteiger partial charge >= 0.3 is 0 Å². The maximum atomic E-state index is 13.6. The molecular formula is C26H24N2O5. The van der Waals surface area contributed by atoms with E-state index in [9.17, 15) is 14.4 Å². The Morgan fingerprint density at radius 1 is 0.909 bits per heavy atom. The summed E-state index contributed by atoms with van der Waals surface area (Å²) in [7, 11) is 3.07. The summed E-state index contributed by atoms with van der Waals surface area (Å²) in [6.07, 6.45) is -0.0899. The number of benzene rings is 3. The normalized spacial score (nSPS) is 15.5. The minimum absolute atomic E-state index is 0.0899. The number of ether oxygens (including phenoxy) is 2. The minimum Gasteiger partial charge on any atom is -0.497 e. The van der Waals surface area contributed by atoms with Gasteiger partial charge < -0.3 is 14.4 Å². The predicted octanol–water partition coefficient (Wildman–Crippen LogP) is 3.68. The van der Waals surface area contributed by atoms with Crippen molar-refractivity contribution in [3.63, 3.8) is 0 Å². The molecule has 0 N–H and O–H groups in total. The summed E-state index contributed by atoms with van der Waals surface area (Å²) in [5.74, 6) is 0.0204. The molecule has 0 bridgehead atoms. The first-order chi connectivity index (χ1) is 16.0. The van der Waals surface area contributed by atoms with Gasteiger partial charge in [-0.15, -0.1) is 0 Å².